The van der Waals surface area contributed by atoms with Crippen LogP contribution in [0.4, 0.5) is 0 Å². The van der Waals surface area contributed by atoms with E-state index in [1.807, 2.05) is 36.4 Å². The summed E-state index contributed by atoms with van der Waals surface area (Å²) in [6, 6.07) is 11.7. The molecule has 0 saturated carbocycles. The second-order valence-electron chi connectivity index (χ2n) is 5.47. The van der Waals surface area contributed by atoms with E-state index in [0.717, 1.165) is 21.9 Å². The molecule has 0 saturated heterocycles. The van der Waals surface area contributed by atoms with Gasteiger partial charge in [-0.1, -0.05) is 36.4 Å². The summed E-state index contributed by atoms with van der Waals surface area (Å²) in [4.78, 5) is 0. The normalized spacial score (nSPS) is 27.6. The van der Waals surface area contributed by atoms with Crippen LogP contribution in [-0.2, 0) is 34.8 Å². The van der Waals surface area contributed by atoms with E-state index in [0.29, 0.717) is 0 Å². The van der Waals surface area contributed by atoms with Crippen molar-refractivity contribution in [3.63, 3.8) is 0 Å². The lowest BCUT2D eigenvalue weighted by Crippen LogP contribution is -2.02. The summed E-state index contributed by atoms with van der Waals surface area (Å²) >= 11 is 0. The van der Waals surface area contributed by atoms with Crippen molar-refractivity contribution in [1.29, 1.82) is 0 Å². The second kappa shape index (κ2) is 6.51. The predicted molar refractivity (Wildman–Crippen MR) is 90.9 cm³/mol. The maximum atomic E-state index is 13.1. The number of benzene rings is 2. The molecule has 5 nitrogen and oxygen atoms in total. The zero-order valence-corrected chi connectivity index (χ0v) is 15.0. The fraction of sp³-hybridized carbons (Fsp3) is 0.375. The van der Waals surface area contributed by atoms with E-state index in [1.54, 1.807) is 13.8 Å². The lowest BCUT2D eigenvalue weighted by atomic mass is 10.1. The Bertz CT molecular complexity index is 750. The molecule has 2 aromatic rings. The summed E-state index contributed by atoms with van der Waals surface area (Å²) in [6.45, 7) is 3.91. The molecule has 124 valence electrons. The Labute approximate surface area is 136 Å². The molecule has 2 aliphatic heterocycles. The molecule has 2 aromatic carbocycles. The van der Waals surface area contributed by atoms with E-state index in [1.165, 1.54) is 0 Å². The molecule has 0 fully saturated rings. The third-order valence-corrected chi connectivity index (χ3v) is 8.42. The van der Waals surface area contributed by atoms with Crippen molar-refractivity contribution in [3.05, 3.63) is 47.5 Å². The fourth-order valence-electron chi connectivity index (χ4n) is 2.77. The van der Waals surface area contributed by atoms with Gasteiger partial charge in [-0.05, 0) is 35.7 Å². The smallest absolute Gasteiger partial charge is 0.308 e. The molecular weight excluding hydrogens is 334 g/mol. The van der Waals surface area contributed by atoms with E-state index < -0.39 is 15.2 Å². The maximum Gasteiger partial charge on any atom is 0.342 e. The molecule has 7 heteroatoms. The number of hydrogen-bond acceptors (Lipinski definition) is 5. The SMILES string of the molecule is CCOP1(=O)Cc2ccc3cc(ccc3c2)CP(=O)(OCC)O1. The van der Waals surface area contributed by atoms with E-state index >= 15 is 0 Å². The lowest BCUT2D eigenvalue weighted by Gasteiger charge is -2.23. The summed E-state index contributed by atoms with van der Waals surface area (Å²) in [7, 11) is -7.12. The highest BCUT2D eigenvalue weighted by atomic mass is 31.3. The largest absolute Gasteiger partial charge is 0.342 e. The molecule has 0 amide bonds. The molecule has 2 atom stereocenters. The van der Waals surface area contributed by atoms with Crippen molar-refractivity contribution < 1.29 is 22.5 Å². The minimum Gasteiger partial charge on any atom is -0.308 e. The van der Waals surface area contributed by atoms with Crippen LogP contribution in [0.15, 0.2) is 36.4 Å². The quantitative estimate of drug-likeness (QED) is 0.695. The van der Waals surface area contributed by atoms with Gasteiger partial charge in [-0.2, -0.15) is 0 Å². The van der Waals surface area contributed by atoms with Gasteiger partial charge in [0.25, 0.3) is 0 Å². The monoisotopic (exact) mass is 354 g/mol. The maximum absolute atomic E-state index is 13.1. The van der Waals surface area contributed by atoms with Crippen LogP contribution in [0.5, 0.6) is 0 Å². The highest BCUT2D eigenvalue weighted by molar-refractivity contribution is 7.66. The van der Waals surface area contributed by atoms with E-state index in [9.17, 15) is 9.13 Å². The van der Waals surface area contributed by atoms with Crippen molar-refractivity contribution in [2.45, 2.75) is 26.2 Å². The Morgan fingerprint density at radius 3 is 1.70 bits per heavy atom. The van der Waals surface area contributed by atoms with Crippen molar-refractivity contribution in [3.8, 4) is 0 Å². The molecule has 2 unspecified atom stereocenters. The first-order valence-corrected chi connectivity index (χ1v) is 11.1. The molecule has 23 heavy (non-hydrogen) atoms. The molecule has 4 rings (SSSR count). The fourth-order valence-corrected chi connectivity index (χ4v) is 7.38. The summed E-state index contributed by atoms with van der Waals surface area (Å²) in [5, 5.41) is 2.09. The van der Waals surface area contributed by atoms with Crippen molar-refractivity contribution >= 4 is 26.0 Å². The van der Waals surface area contributed by atoms with Gasteiger partial charge in [0.1, 0.15) is 0 Å². The first-order valence-electron chi connectivity index (χ1n) is 7.65. The Morgan fingerprint density at radius 2 is 1.30 bits per heavy atom. The van der Waals surface area contributed by atoms with Crippen molar-refractivity contribution in [2.24, 2.45) is 0 Å². The Hall–Kier alpha value is -0.960. The molecule has 0 N–H and O–H groups in total. The summed E-state index contributed by atoms with van der Waals surface area (Å²) < 4.78 is 42.4. The highest BCUT2D eigenvalue weighted by Crippen LogP contribution is 2.67. The average molecular weight is 354 g/mol. The third-order valence-electron chi connectivity index (χ3n) is 3.62. The van der Waals surface area contributed by atoms with Crippen LogP contribution in [0.1, 0.15) is 25.0 Å². The Kier molecular flexibility index (Phi) is 4.78. The van der Waals surface area contributed by atoms with Crippen LogP contribution in [0.25, 0.3) is 10.8 Å². The lowest BCUT2D eigenvalue weighted by molar-refractivity contribution is 0.237. The van der Waals surface area contributed by atoms with Crippen LogP contribution < -0.4 is 0 Å². The van der Waals surface area contributed by atoms with E-state index in [4.69, 9.17) is 13.4 Å². The van der Waals surface area contributed by atoms with Crippen molar-refractivity contribution in [2.75, 3.05) is 13.2 Å². The molecule has 0 aliphatic carbocycles. The van der Waals surface area contributed by atoms with Gasteiger partial charge in [-0.3, -0.25) is 9.13 Å². The van der Waals surface area contributed by atoms with Gasteiger partial charge >= 0.3 is 15.2 Å². The average Bonchev–Trinajstić information content (AvgIpc) is 2.50. The minimum atomic E-state index is -3.56. The Balaban J connectivity index is 2.15. The summed E-state index contributed by atoms with van der Waals surface area (Å²) in [6.07, 6.45) is 0.155. The van der Waals surface area contributed by atoms with Gasteiger partial charge in [-0.25, -0.2) is 4.31 Å². The molecule has 0 aromatic heterocycles. The third kappa shape index (κ3) is 3.76. The van der Waals surface area contributed by atoms with Gasteiger partial charge in [0.05, 0.1) is 25.5 Å². The second-order valence-corrected chi connectivity index (χ2v) is 9.72. The van der Waals surface area contributed by atoms with Crippen LogP contribution >= 0.6 is 15.2 Å². The van der Waals surface area contributed by atoms with Crippen LogP contribution in [-0.4, -0.2) is 13.2 Å². The van der Waals surface area contributed by atoms with Crippen LogP contribution in [0.3, 0.4) is 0 Å². The Morgan fingerprint density at radius 1 is 0.870 bits per heavy atom. The molecular formula is C16H20O5P2. The van der Waals surface area contributed by atoms with Crippen LogP contribution in [0, 0.1) is 0 Å². The van der Waals surface area contributed by atoms with Gasteiger partial charge in [0.15, 0.2) is 0 Å². The molecule has 2 heterocycles. The van der Waals surface area contributed by atoms with E-state index in [-0.39, 0.29) is 25.5 Å². The molecule has 0 spiro atoms. The van der Waals surface area contributed by atoms with Gasteiger partial charge in [0, 0.05) is 0 Å². The highest BCUT2D eigenvalue weighted by Gasteiger charge is 2.37. The standard InChI is InChI=1S/C16H20O5P2/c1-3-19-22(17)11-13-5-7-16-10-14(6-8-15(16)9-13)12-23(18,21-22)20-4-2/h5-10H,3-4,11-12H2,1-2H3. The number of rotatable bonds is 4. The number of hydrogen-bond donors (Lipinski definition) is 0. The van der Waals surface area contributed by atoms with Gasteiger partial charge in [0.2, 0.25) is 0 Å². The van der Waals surface area contributed by atoms with Gasteiger partial charge < -0.3 is 9.05 Å². The zero-order valence-electron chi connectivity index (χ0n) is 13.2. The number of fused-ring (bicyclic) bond motifs is 6. The predicted octanol–water partition coefficient (Wildman–Crippen LogP) is 5.33. The van der Waals surface area contributed by atoms with Crippen molar-refractivity contribution in [1.82, 2.24) is 0 Å². The molecule has 2 aliphatic rings. The molecule has 4 bridgehead atoms. The topological polar surface area (TPSA) is 61.8 Å². The van der Waals surface area contributed by atoms with Gasteiger partial charge in [-0.15, -0.1) is 0 Å². The zero-order chi connectivity index (χ0) is 16.5. The minimum absolute atomic E-state index is 0.0777. The summed E-state index contributed by atoms with van der Waals surface area (Å²) in [5.74, 6) is 0. The van der Waals surface area contributed by atoms with E-state index in [2.05, 4.69) is 0 Å². The first kappa shape index (κ1) is 16.9. The first-order chi connectivity index (χ1) is 11.0. The molecule has 0 radical (unpaired) electrons. The van der Waals surface area contributed by atoms with Crippen LogP contribution in [0.2, 0.25) is 0 Å². The summed E-state index contributed by atoms with van der Waals surface area (Å²) in [5.41, 5.74) is 1.65.